The second-order valence-electron chi connectivity index (χ2n) is 6.27. The largest absolute Gasteiger partial charge is 0.492 e. The molecule has 2 aromatic rings. The minimum atomic E-state index is -0.250. The third-order valence-corrected chi connectivity index (χ3v) is 5.48. The molecular formula is C18H23N3O2S. The van der Waals surface area contributed by atoms with Gasteiger partial charge in [0.1, 0.15) is 10.8 Å². The maximum atomic E-state index is 12.4. The Morgan fingerprint density at radius 2 is 2.25 bits per heavy atom. The maximum absolute atomic E-state index is 12.4. The summed E-state index contributed by atoms with van der Waals surface area (Å²) in [6.45, 7) is 2.52. The minimum absolute atomic E-state index is 0.0829. The van der Waals surface area contributed by atoms with E-state index in [2.05, 4.69) is 20.7 Å². The Kier molecular flexibility index (Phi) is 5.45. The third kappa shape index (κ3) is 4.12. The van der Waals surface area contributed by atoms with E-state index in [4.69, 9.17) is 4.74 Å². The number of carbonyl (C=O) groups excluding carboxylic acids is 1. The number of ether oxygens (including phenoxy) is 1. The van der Waals surface area contributed by atoms with Crippen LogP contribution in [0.4, 0.5) is 0 Å². The number of hydrogen-bond acceptors (Lipinski definition) is 5. The Morgan fingerprint density at radius 3 is 2.92 bits per heavy atom. The molecule has 0 aliphatic heterocycles. The molecule has 1 N–H and O–H groups in total. The zero-order valence-corrected chi connectivity index (χ0v) is 14.8. The lowest BCUT2D eigenvalue weighted by molar-refractivity contribution is -0.123. The van der Waals surface area contributed by atoms with E-state index in [1.54, 1.807) is 23.7 Å². The molecule has 2 aromatic heterocycles. The minimum Gasteiger partial charge on any atom is -0.492 e. The SMILES string of the molecule is Cc1csc(C2(NC(=O)CCCOc3cccnc3)CCCC2)n1. The Labute approximate surface area is 146 Å². The first-order valence-corrected chi connectivity index (χ1v) is 9.32. The van der Waals surface area contributed by atoms with Gasteiger partial charge < -0.3 is 10.1 Å². The molecule has 1 amide bonds. The standard InChI is InChI=1S/C18H23N3O2S/c1-14-13-24-17(20-14)18(8-2-3-9-18)21-16(22)7-5-11-23-15-6-4-10-19-12-15/h4,6,10,12-13H,2-3,5,7-9,11H2,1H3,(H,21,22). The Balaban J connectivity index is 1.49. The van der Waals surface area contributed by atoms with Crippen molar-refractivity contribution in [3.63, 3.8) is 0 Å². The normalized spacial score (nSPS) is 16.0. The van der Waals surface area contributed by atoms with Gasteiger partial charge in [-0.15, -0.1) is 11.3 Å². The third-order valence-electron chi connectivity index (χ3n) is 4.32. The highest BCUT2D eigenvalue weighted by atomic mass is 32.1. The lowest BCUT2D eigenvalue weighted by Crippen LogP contribution is -2.43. The number of carbonyl (C=O) groups is 1. The number of amides is 1. The van der Waals surface area contributed by atoms with Gasteiger partial charge >= 0.3 is 0 Å². The number of aryl methyl sites for hydroxylation is 1. The van der Waals surface area contributed by atoms with Gasteiger partial charge in [0.2, 0.25) is 5.91 Å². The molecule has 0 radical (unpaired) electrons. The summed E-state index contributed by atoms with van der Waals surface area (Å²) in [4.78, 5) is 21.0. The van der Waals surface area contributed by atoms with Gasteiger partial charge in [-0.1, -0.05) is 12.8 Å². The molecule has 0 saturated heterocycles. The van der Waals surface area contributed by atoms with Crippen LogP contribution in [0.25, 0.3) is 0 Å². The monoisotopic (exact) mass is 345 g/mol. The van der Waals surface area contributed by atoms with Crippen LogP contribution in [-0.4, -0.2) is 22.5 Å². The molecule has 128 valence electrons. The Morgan fingerprint density at radius 1 is 1.42 bits per heavy atom. The first-order valence-electron chi connectivity index (χ1n) is 8.44. The molecule has 1 fully saturated rings. The number of nitrogens with zero attached hydrogens (tertiary/aromatic N) is 2. The van der Waals surface area contributed by atoms with Crippen LogP contribution in [0, 0.1) is 6.92 Å². The van der Waals surface area contributed by atoms with Crippen molar-refractivity contribution in [1.29, 1.82) is 0 Å². The number of hydrogen-bond donors (Lipinski definition) is 1. The van der Waals surface area contributed by atoms with E-state index in [1.165, 1.54) is 0 Å². The molecule has 2 heterocycles. The van der Waals surface area contributed by atoms with Crippen molar-refractivity contribution in [2.75, 3.05) is 6.61 Å². The first kappa shape index (κ1) is 16.9. The van der Waals surface area contributed by atoms with E-state index >= 15 is 0 Å². The van der Waals surface area contributed by atoms with Gasteiger partial charge in [0.15, 0.2) is 0 Å². The molecule has 0 spiro atoms. The fourth-order valence-electron chi connectivity index (χ4n) is 3.13. The summed E-state index contributed by atoms with van der Waals surface area (Å²) in [6.07, 6.45) is 8.79. The van der Waals surface area contributed by atoms with E-state index < -0.39 is 0 Å². The quantitative estimate of drug-likeness (QED) is 0.779. The number of pyridine rings is 1. The summed E-state index contributed by atoms with van der Waals surface area (Å²) in [5.74, 6) is 0.822. The zero-order valence-electron chi connectivity index (χ0n) is 14.0. The highest BCUT2D eigenvalue weighted by molar-refractivity contribution is 7.09. The average Bonchev–Trinajstić information content (AvgIpc) is 3.23. The number of aromatic nitrogens is 2. The van der Waals surface area contributed by atoms with Crippen LogP contribution in [-0.2, 0) is 10.3 Å². The fraction of sp³-hybridized carbons (Fsp3) is 0.500. The van der Waals surface area contributed by atoms with Gasteiger partial charge in [-0.2, -0.15) is 0 Å². The topological polar surface area (TPSA) is 64.1 Å². The lowest BCUT2D eigenvalue weighted by atomic mass is 9.98. The van der Waals surface area contributed by atoms with Crippen LogP contribution < -0.4 is 10.1 Å². The average molecular weight is 345 g/mol. The molecule has 24 heavy (non-hydrogen) atoms. The highest BCUT2D eigenvalue weighted by Crippen LogP contribution is 2.40. The molecule has 0 atom stereocenters. The van der Waals surface area contributed by atoms with Crippen LogP contribution in [0.5, 0.6) is 5.75 Å². The summed E-state index contributed by atoms with van der Waals surface area (Å²) in [5.41, 5.74) is 0.778. The van der Waals surface area contributed by atoms with Crippen molar-refractivity contribution in [3.05, 3.63) is 40.6 Å². The van der Waals surface area contributed by atoms with Crippen molar-refractivity contribution < 1.29 is 9.53 Å². The molecule has 1 saturated carbocycles. The van der Waals surface area contributed by atoms with E-state index in [0.29, 0.717) is 19.4 Å². The fourth-order valence-corrected chi connectivity index (χ4v) is 4.14. The molecule has 1 aliphatic carbocycles. The van der Waals surface area contributed by atoms with Crippen molar-refractivity contribution in [1.82, 2.24) is 15.3 Å². The summed E-state index contributed by atoms with van der Waals surface area (Å²) in [5, 5.41) is 6.37. The van der Waals surface area contributed by atoms with E-state index in [9.17, 15) is 4.79 Å². The predicted octanol–water partition coefficient (Wildman–Crippen LogP) is 3.59. The highest BCUT2D eigenvalue weighted by Gasteiger charge is 2.39. The number of nitrogens with one attached hydrogen (secondary N) is 1. The van der Waals surface area contributed by atoms with E-state index in [-0.39, 0.29) is 11.4 Å². The van der Waals surface area contributed by atoms with Crippen molar-refractivity contribution >= 4 is 17.2 Å². The Hall–Kier alpha value is -1.95. The van der Waals surface area contributed by atoms with Crippen molar-refractivity contribution in [3.8, 4) is 5.75 Å². The van der Waals surface area contributed by atoms with E-state index in [1.807, 2.05) is 19.1 Å². The molecule has 0 unspecified atom stereocenters. The van der Waals surface area contributed by atoms with Crippen LogP contribution in [0.15, 0.2) is 29.9 Å². The van der Waals surface area contributed by atoms with Crippen LogP contribution >= 0.6 is 11.3 Å². The van der Waals surface area contributed by atoms with Crippen molar-refractivity contribution in [2.45, 2.75) is 51.0 Å². The first-order chi connectivity index (χ1) is 11.7. The zero-order chi connectivity index (χ0) is 16.8. The number of thiazole rings is 1. The summed E-state index contributed by atoms with van der Waals surface area (Å²) >= 11 is 1.66. The second kappa shape index (κ2) is 7.75. The molecule has 3 rings (SSSR count). The van der Waals surface area contributed by atoms with Gasteiger partial charge in [-0.05, 0) is 38.3 Å². The predicted molar refractivity (Wildman–Crippen MR) is 94.1 cm³/mol. The molecule has 0 bridgehead atoms. The summed E-state index contributed by atoms with van der Waals surface area (Å²) in [7, 11) is 0. The van der Waals surface area contributed by atoms with Gasteiger partial charge in [-0.3, -0.25) is 9.78 Å². The van der Waals surface area contributed by atoms with Crippen LogP contribution in [0.2, 0.25) is 0 Å². The molecule has 1 aliphatic rings. The van der Waals surface area contributed by atoms with Gasteiger partial charge in [0.05, 0.1) is 18.3 Å². The van der Waals surface area contributed by atoms with E-state index in [0.717, 1.165) is 42.1 Å². The maximum Gasteiger partial charge on any atom is 0.220 e. The molecule has 0 aromatic carbocycles. The van der Waals surface area contributed by atoms with Crippen LogP contribution in [0.1, 0.15) is 49.2 Å². The Bertz CT molecular complexity index is 666. The van der Waals surface area contributed by atoms with Gasteiger partial charge in [0.25, 0.3) is 0 Å². The molecule has 5 nitrogen and oxygen atoms in total. The van der Waals surface area contributed by atoms with Crippen molar-refractivity contribution in [2.24, 2.45) is 0 Å². The summed E-state index contributed by atoms with van der Waals surface area (Å²) in [6, 6.07) is 3.70. The van der Waals surface area contributed by atoms with Gasteiger partial charge in [0, 0.05) is 23.7 Å². The lowest BCUT2D eigenvalue weighted by Gasteiger charge is -2.28. The summed E-state index contributed by atoms with van der Waals surface area (Å²) < 4.78 is 5.59. The molecule has 6 heteroatoms. The molecular weight excluding hydrogens is 322 g/mol. The van der Waals surface area contributed by atoms with Crippen LogP contribution in [0.3, 0.4) is 0 Å². The second-order valence-corrected chi connectivity index (χ2v) is 7.13. The number of rotatable bonds is 7. The van der Waals surface area contributed by atoms with Gasteiger partial charge in [-0.25, -0.2) is 4.98 Å². The smallest absolute Gasteiger partial charge is 0.220 e.